The summed E-state index contributed by atoms with van der Waals surface area (Å²) >= 11 is 1.31. The summed E-state index contributed by atoms with van der Waals surface area (Å²) in [5.41, 5.74) is 0.839. The zero-order chi connectivity index (χ0) is 22.8. The molecule has 0 atom stereocenters. The zero-order valence-electron chi connectivity index (χ0n) is 18.3. The highest BCUT2D eigenvalue weighted by Crippen LogP contribution is 2.29. The van der Waals surface area contributed by atoms with Crippen LogP contribution >= 0.6 is 11.3 Å². The summed E-state index contributed by atoms with van der Waals surface area (Å²) in [6.07, 6.45) is 2.93. The van der Waals surface area contributed by atoms with Gasteiger partial charge in [0.1, 0.15) is 11.0 Å². The smallest absolute Gasteiger partial charge is 0.273 e. The van der Waals surface area contributed by atoms with E-state index in [2.05, 4.69) is 20.2 Å². The third-order valence-corrected chi connectivity index (χ3v) is 6.60. The van der Waals surface area contributed by atoms with Crippen molar-refractivity contribution in [2.24, 2.45) is 5.92 Å². The van der Waals surface area contributed by atoms with E-state index in [1.165, 1.54) is 41.5 Å². The molecule has 1 fully saturated rings. The highest BCUT2D eigenvalue weighted by atomic mass is 32.1. The summed E-state index contributed by atoms with van der Waals surface area (Å²) in [7, 11) is 1.41. The van der Waals surface area contributed by atoms with E-state index in [0.29, 0.717) is 29.0 Å². The van der Waals surface area contributed by atoms with Gasteiger partial charge in [0.25, 0.3) is 5.56 Å². The maximum absolute atomic E-state index is 14.0. The van der Waals surface area contributed by atoms with E-state index in [9.17, 15) is 14.0 Å². The van der Waals surface area contributed by atoms with Gasteiger partial charge in [0.2, 0.25) is 5.91 Å². The molecule has 1 N–H and O–H groups in total. The number of aromatic nitrogens is 3. The third-order valence-electron chi connectivity index (χ3n) is 5.51. The van der Waals surface area contributed by atoms with Crippen molar-refractivity contribution < 1.29 is 13.9 Å². The average molecular weight is 460 g/mol. The molecule has 32 heavy (non-hydrogen) atoms. The quantitative estimate of drug-likeness (QED) is 0.610. The number of hydrogen-bond acceptors (Lipinski definition) is 7. The Balaban J connectivity index is 1.49. The van der Waals surface area contributed by atoms with Gasteiger partial charge in [0, 0.05) is 25.0 Å². The Bertz CT molecular complexity index is 1180. The fourth-order valence-corrected chi connectivity index (χ4v) is 4.84. The van der Waals surface area contributed by atoms with Crippen LogP contribution in [-0.2, 0) is 11.3 Å². The molecule has 4 rings (SSSR count). The lowest BCUT2D eigenvalue weighted by Crippen LogP contribution is -2.42. The van der Waals surface area contributed by atoms with Crippen molar-refractivity contribution in [3.63, 3.8) is 0 Å². The van der Waals surface area contributed by atoms with Gasteiger partial charge in [0.15, 0.2) is 22.3 Å². The predicted octanol–water partition coefficient (Wildman–Crippen LogP) is 2.79. The fraction of sp³-hybridized carbons (Fsp3) is 0.455. The Morgan fingerprint density at radius 2 is 2.09 bits per heavy atom. The molecule has 0 spiro atoms. The van der Waals surface area contributed by atoms with Gasteiger partial charge in [-0.3, -0.25) is 14.2 Å². The number of anilines is 1. The molecule has 1 saturated heterocycles. The van der Waals surface area contributed by atoms with Crippen LogP contribution in [-0.4, -0.2) is 46.7 Å². The summed E-state index contributed by atoms with van der Waals surface area (Å²) in [5, 5.41) is 3.71. The van der Waals surface area contributed by atoms with Crippen LogP contribution in [0.4, 0.5) is 9.52 Å². The summed E-state index contributed by atoms with van der Waals surface area (Å²) in [5.74, 6) is -0.211. The Morgan fingerprint density at radius 3 is 2.75 bits per heavy atom. The molecular formula is C22H26FN5O3S. The fourth-order valence-electron chi connectivity index (χ4n) is 3.82. The second kappa shape index (κ2) is 9.23. The largest absolute Gasteiger partial charge is 0.494 e. The molecule has 10 heteroatoms. The molecule has 1 aromatic carbocycles. The highest BCUT2D eigenvalue weighted by molar-refractivity contribution is 7.22. The Morgan fingerprint density at radius 1 is 1.34 bits per heavy atom. The summed E-state index contributed by atoms with van der Waals surface area (Å²) in [6.45, 7) is 5.52. The number of fused-ring (bicyclic) bond motifs is 1. The van der Waals surface area contributed by atoms with Gasteiger partial charge in [0.05, 0.1) is 13.7 Å². The van der Waals surface area contributed by atoms with E-state index in [-0.39, 0.29) is 35.7 Å². The molecular weight excluding hydrogens is 433 g/mol. The number of benzene rings is 1. The number of rotatable bonds is 6. The molecule has 8 nitrogen and oxygen atoms in total. The number of ether oxygens (including phenoxy) is 1. The highest BCUT2D eigenvalue weighted by Gasteiger charge is 2.27. The van der Waals surface area contributed by atoms with Gasteiger partial charge < -0.3 is 15.0 Å². The molecule has 170 valence electrons. The van der Waals surface area contributed by atoms with Gasteiger partial charge >= 0.3 is 0 Å². The molecule has 1 aliphatic heterocycles. The van der Waals surface area contributed by atoms with Crippen molar-refractivity contribution in [3.8, 4) is 5.75 Å². The van der Waals surface area contributed by atoms with Gasteiger partial charge in [-0.25, -0.2) is 9.37 Å². The molecule has 2 aromatic heterocycles. The summed E-state index contributed by atoms with van der Waals surface area (Å²) in [6, 6.07) is 4.74. The Labute approximate surface area is 189 Å². The van der Waals surface area contributed by atoms with Crippen LogP contribution < -0.4 is 20.5 Å². The first-order valence-electron chi connectivity index (χ1n) is 10.6. The first kappa shape index (κ1) is 22.2. The number of carbonyl (C=O) groups is 1. The SMILES string of the molecule is COc1ccc(Cn2cnc3nc(N4CCC(C(=O)NC(C)C)CC4)sc3c2=O)cc1F. The predicted molar refractivity (Wildman–Crippen MR) is 122 cm³/mol. The summed E-state index contributed by atoms with van der Waals surface area (Å²) in [4.78, 5) is 36.2. The van der Waals surface area contributed by atoms with E-state index < -0.39 is 5.82 Å². The van der Waals surface area contributed by atoms with Crippen molar-refractivity contribution in [2.45, 2.75) is 39.3 Å². The van der Waals surface area contributed by atoms with Gasteiger partial charge in [-0.2, -0.15) is 4.98 Å². The van der Waals surface area contributed by atoms with Crippen molar-refractivity contribution in [3.05, 3.63) is 46.3 Å². The zero-order valence-corrected chi connectivity index (χ0v) is 19.1. The molecule has 0 aliphatic carbocycles. The monoisotopic (exact) mass is 459 g/mol. The topological polar surface area (TPSA) is 89.3 Å². The molecule has 0 radical (unpaired) electrons. The average Bonchev–Trinajstić information content (AvgIpc) is 3.21. The molecule has 1 aliphatic rings. The lowest BCUT2D eigenvalue weighted by molar-refractivity contribution is -0.126. The molecule has 3 aromatic rings. The van der Waals surface area contributed by atoms with Crippen LogP contribution in [0.3, 0.4) is 0 Å². The number of methoxy groups -OCH3 is 1. The van der Waals surface area contributed by atoms with Crippen LogP contribution in [0.5, 0.6) is 5.75 Å². The molecule has 0 bridgehead atoms. The first-order chi connectivity index (χ1) is 15.4. The van der Waals surface area contributed by atoms with Crippen LogP contribution in [0, 0.1) is 11.7 Å². The first-order valence-corrected chi connectivity index (χ1v) is 11.4. The Kier molecular flexibility index (Phi) is 6.40. The lowest BCUT2D eigenvalue weighted by atomic mass is 9.96. The maximum atomic E-state index is 14.0. The van der Waals surface area contributed by atoms with Crippen LogP contribution in [0.2, 0.25) is 0 Å². The van der Waals surface area contributed by atoms with E-state index in [1.807, 2.05) is 13.8 Å². The van der Waals surface area contributed by atoms with E-state index >= 15 is 0 Å². The van der Waals surface area contributed by atoms with E-state index in [4.69, 9.17) is 4.74 Å². The van der Waals surface area contributed by atoms with Gasteiger partial charge in [-0.05, 0) is 44.4 Å². The number of halogens is 1. The van der Waals surface area contributed by atoms with Crippen molar-refractivity contribution in [1.82, 2.24) is 19.9 Å². The van der Waals surface area contributed by atoms with Crippen LogP contribution in [0.15, 0.2) is 29.3 Å². The number of piperidine rings is 1. The normalized spacial score (nSPS) is 14.8. The third kappa shape index (κ3) is 4.59. The minimum Gasteiger partial charge on any atom is -0.494 e. The lowest BCUT2D eigenvalue weighted by Gasteiger charge is -2.31. The van der Waals surface area contributed by atoms with E-state index in [1.54, 1.807) is 6.07 Å². The second-order valence-corrected chi connectivity index (χ2v) is 9.20. The summed E-state index contributed by atoms with van der Waals surface area (Å²) < 4.78 is 20.8. The maximum Gasteiger partial charge on any atom is 0.273 e. The Hall–Kier alpha value is -3.01. The second-order valence-electron chi connectivity index (χ2n) is 8.22. The van der Waals surface area contributed by atoms with E-state index in [0.717, 1.165) is 18.0 Å². The van der Waals surface area contributed by atoms with Gasteiger partial charge in [-0.1, -0.05) is 17.4 Å². The molecule has 0 saturated carbocycles. The number of nitrogens with one attached hydrogen (secondary N) is 1. The number of nitrogens with zero attached hydrogens (tertiary/aromatic N) is 4. The minimum atomic E-state index is -0.474. The van der Waals surface area contributed by atoms with Crippen molar-refractivity contribution in [2.75, 3.05) is 25.1 Å². The number of carbonyl (C=O) groups excluding carboxylic acids is 1. The van der Waals surface area contributed by atoms with Crippen LogP contribution in [0.1, 0.15) is 32.3 Å². The number of hydrogen-bond donors (Lipinski definition) is 1. The van der Waals surface area contributed by atoms with Crippen LogP contribution in [0.25, 0.3) is 10.3 Å². The molecule has 0 unspecified atom stereocenters. The number of thiazole rings is 1. The minimum absolute atomic E-state index is 0.00303. The molecule has 3 heterocycles. The van der Waals surface area contributed by atoms with Crippen molar-refractivity contribution >= 4 is 32.7 Å². The van der Waals surface area contributed by atoms with Crippen molar-refractivity contribution in [1.29, 1.82) is 0 Å². The standard InChI is InChI=1S/C22H26FN5O3S/c1-13(2)25-20(29)15-6-8-27(9-7-15)22-26-19-18(32-22)21(30)28(12-24-19)11-14-4-5-17(31-3)16(23)10-14/h4-5,10,12-13,15H,6-9,11H2,1-3H3,(H,25,29). The molecule has 1 amide bonds. The number of amides is 1. The van der Waals surface area contributed by atoms with Gasteiger partial charge in [-0.15, -0.1) is 0 Å².